The van der Waals surface area contributed by atoms with Gasteiger partial charge in [-0.1, -0.05) is 20.8 Å². The van der Waals surface area contributed by atoms with E-state index in [1.165, 1.54) is 12.8 Å². The van der Waals surface area contributed by atoms with E-state index >= 15 is 0 Å². The highest BCUT2D eigenvalue weighted by Gasteiger charge is 2.27. The fourth-order valence-corrected chi connectivity index (χ4v) is 2.95. The average molecular weight is 299 g/mol. The van der Waals surface area contributed by atoms with Crippen LogP contribution in [0, 0.1) is 0 Å². The minimum absolute atomic E-state index is 0.135. The van der Waals surface area contributed by atoms with E-state index in [0.717, 1.165) is 19.6 Å². The highest BCUT2D eigenvalue weighted by molar-refractivity contribution is 5.76. The van der Waals surface area contributed by atoms with Crippen LogP contribution in [0.3, 0.4) is 0 Å². The Morgan fingerprint density at radius 3 is 2.43 bits per heavy atom. The fraction of sp³-hybridized carbons (Fsp3) is 0.938. The molecule has 0 aromatic rings. The number of ether oxygens (including phenoxy) is 1. The maximum atomic E-state index is 12.1. The lowest BCUT2D eigenvalue weighted by Gasteiger charge is -2.37. The molecule has 1 unspecified atom stereocenters. The molecule has 5 nitrogen and oxygen atoms in total. The van der Waals surface area contributed by atoms with Crippen LogP contribution in [0.15, 0.2) is 0 Å². The van der Waals surface area contributed by atoms with Gasteiger partial charge in [0, 0.05) is 18.6 Å². The van der Waals surface area contributed by atoms with Gasteiger partial charge in [0.05, 0.1) is 6.61 Å². The van der Waals surface area contributed by atoms with E-state index in [4.69, 9.17) is 4.74 Å². The van der Waals surface area contributed by atoms with E-state index < -0.39 is 0 Å². The number of likely N-dealkylation sites (N-methyl/N-ethyl adjacent to an activating group) is 1. The van der Waals surface area contributed by atoms with Gasteiger partial charge in [0.25, 0.3) is 0 Å². The molecular formula is C16H33N3O2. The molecule has 1 rings (SSSR count). The predicted octanol–water partition coefficient (Wildman–Crippen LogP) is 1.33. The standard InChI is InChI=1S/C16H33N3O2/c1-6-19-10-8-14(9-11-19)18(5)12-15(17-13(3)4)16(20)21-7-2/h13-15,17H,6-12H2,1-5H3. The summed E-state index contributed by atoms with van der Waals surface area (Å²) in [6.45, 7) is 12.8. The van der Waals surface area contributed by atoms with E-state index in [9.17, 15) is 4.79 Å². The van der Waals surface area contributed by atoms with Crippen molar-refractivity contribution >= 4 is 5.97 Å². The minimum atomic E-state index is -0.237. The topological polar surface area (TPSA) is 44.8 Å². The summed E-state index contributed by atoms with van der Waals surface area (Å²) in [6.07, 6.45) is 2.36. The van der Waals surface area contributed by atoms with Crippen LogP contribution >= 0.6 is 0 Å². The Bertz CT molecular complexity index is 302. The van der Waals surface area contributed by atoms with Crippen molar-refractivity contribution < 1.29 is 9.53 Å². The highest BCUT2D eigenvalue weighted by atomic mass is 16.5. The second kappa shape index (κ2) is 9.38. The summed E-state index contributed by atoms with van der Waals surface area (Å²) in [5, 5.41) is 3.33. The largest absolute Gasteiger partial charge is 0.465 e. The van der Waals surface area contributed by atoms with Crippen molar-refractivity contribution in [3.8, 4) is 0 Å². The van der Waals surface area contributed by atoms with Crippen molar-refractivity contribution in [2.45, 2.75) is 58.7 Å². The molecule has 0 aromatic carbocycles. The van der Waals surface area contributed by atoms with E-state index in [2.05, 4.69) is 42.9 Å². The maximum Gasteiger partial charge on any atom is 0.324 e. The zero-order valence-electron chi connectivity index (χ0n) is 14.4. The summed E-state index contributed by atoms with van der Waals surface area (Å²) >= 11 is 0. The lowest BCUT2D eigenvalue weighted by atomic mass is 10.0. The van der Waals surface area contributed by atoms with Crippen molar-refractivity contribution in [2.75, 3.05) is 39.8 Å². The number of carbonyl (C=O) groups is 1. The summed E-state index contributed by atoms with van der Waals surface area (Å²) in [5.74, 6) is -0.135. The van der Waals surface area contributed by atoms with Crippen LogP contribution in [0.2, 0.25) is 0 Å². The van der Waals surface area contributed by atoms with Crippen LogP contribution in [0.1, 0.15) is 40.5 Å². The Balaban J connectivity index is 2.51. The normalized spacial score (nSPS) is 19.2. The molecule has 0 amide bonds. The number of nitrogens with zero attached hydrogens (tertiary/aromatic N) is 2. The van der Waals surface area contributed by atoms with E-state index in [-0.39, 0.29) is 18.1 Å². The summed E-state index contributed by atoms with van der Waals surface area (Å²) < 4.78 is 5.19. The van der Waals surface area contributed by atoms with Crippen LogP contribution in [0.4, 0.5) is 0 Å². The van der Waals surface area contributed by atoms with Crippen LogP contribution in [0.5, 0.6) is 0 Å². The number of carbonyl (C=O) groups excluding carboxylic acids is 1. The molecule has 0 saturated carbocycles. The monoisotopic (exact) mass is 299 g/mol. The van der Waals surface area contributed by atoms with Crippen molar-refractivity contribution in [1.82, 2.24) is 15.1 Å². The van der Waals surface area contributed by atoms with Crippen molar-refractivity contribution in [3.63, 3.8) is 0 Å². The molecule has 1 aliphatic rings. The molecule has 1 N–H and O–H groups in total. The molecular weight excluding hydrogens is 266 g/mol. The van der Waals surface area contributed by atoms with Gasteiger partial charge in [-0.15, -0.1) is 0 Å². The summed E-state index contributed by atoms with van der Waals surface area (Å²) in [6, 6.07) is 0.604. The molecule has 1 atom stereocenters. The first kappa shape index (κ1) is 18.4. The molecule has 1 saturated heterocycles. The predicted molar refractivity (Wildman–Crippen MR) is 86.5 cm³/mol. The SMILES string of the molecule is CCOC(=O)C(CN(C)C1CCN(CC)CC1)NC(C)C. The first-order chi connectivity index (χ1) is 9.97. The second-order valence-corrected chi connectivity index (χ2v) is 6.23. The van der Waals surface area contributed by atoms with Crippen LogP contribution in [-0.2, 0) is 9.53 Å². The number of hydrogen-bond acceptors (Lipinski definition) is 5. The Labute approximate surface area is 130 Å². The Morgan fingerprint density at radius 1 is 1.33 bits per heavy atom. The summed E-state index contributed by atoms with van der Waals surface area (Å²) in [5.41, 5.74) is 0. The van der Waals surface area contributed by atoms with E-state index in [1.54, 1.807) is 0 Å². The minimum Gasteiger partial charge on any atom is -0.465 e. The molecule has 1 fully saturated rings. The first-order valence-electron chi connectivity index (χ1n) is 8.33. The van der Waals surface area contributed by atoms with Gasteiger partial charge in [-0.05, 0) is 46.4 Å². The molecule has 0 aliphatic carbocycles. The molecule has 0 aromatic heterocycles. The van der Waals surface area contributed by atoms with Crippen molar-refractivity contribution in [2.24, 2.45) is 0 Å². The lowest BCUT2D eigenvalue weighted by molar-refractivity contribution is -0.146. The smallest absolute Gasteiger partial charge is 0.324 e. The number of piperidine rings is 1. The molecule has 0 spiro atoms. The van der Waals surface area contributed by atoms with Gasteiger partial charge in [0.15, 0.2) is 0 Å². The average Bonchev–Trinajstić information content (AvgIpc) is 2.46. The van der Waals surface area contributed by atoms with Gasteiger partial charge >= 0.3 is 5.97 Å². The van der Waals surface area contributed by atoms with Crippen molar-refractivity contribution in [1.29, 1.82) is 0 Å². The summed E-state index contributed by atoms with van der Waals surface area (Å²) in [7, 11) is 2.13. The van der Waals surface area contributed by atoms with Gasteiger partial charge in [0.1, 0.15) is 6.04 Å². The highest BCUT2D eigenvalue weighted by Crippen LogP contribution is 2.15. The Morgan fingerprint density at radius 2 is 1.95 bits per heavy atom. The first-order valence-corrected chi connectivity index (χ1v) is 8.33. The molecule has 0 bridgehead atoms. The van der Waals surface area contributed by atoms with Crippen LogP contribution in [-0.4, -0.2) is 73.7 Å². The van der Waals surface area contributed by atoms with Gasteiger partial charge in [0.2, 0.25) is 0 Å². The zero-order chi connectivity index (χ0) is 15.8. The number of esters is 1. The quantitative estimate of drug-likeness (QED) is 0.685. The Kier molecular flexibility index (Phi) is 8.22. The third-order valence-corrected chi connectivity index (χ3v) is 4.20. The van der Waals surface area contributed by atoms with Crippen LogP contribution < -0.4 is 5.32 Å². The number of nitrogens with one attached hydrogen (secondary N) is 1. The number of likely N-dealkylation sites (tertiary alicyclic amines) is 1. The number of hydrogen-bond donors (Lipinski definition) is 1. The van der Waals surface area contributed by atoms with Gasteiger partial charge < -0.3 is 19.9 Å². The molecule has 1 heterocycles. The van der Waals surface area contributed by atoms with E-state index in [0.29, 0.717) is 19.2 Å². The lowest BCUT2D eigenvalue weighted by Crippen LogP contribution is -2.52. The zero-order valence-corrected chi connectivity index (χ0v) is 14.4. The van der Waals surface area contributed by atoms with E-state index in [1.807, 2.05) is 6.92 Å². The molecule has 5 heteroatoms. The van der Waals surface area contributed by atoms with Gasteiger partial charge in [-0.25, -0.2) is 0 Å². The molecule has 1 aliphatic heterocycles. The second-order valence-electron chi connectivity index (χ2n) is 6.23. The molecule has 21 heavy (non-hydrogen) atoms. The van der Waals surface area contributed by atoms with Gasteiger partial charge in [-0.2, -0.15) is 0 Å². The third-order valence-electron chi connectivity index (χ3n) is 4.20. The third kappa shape index (κ3) is 6.32. The van der Waals surface area contributed by atoms with Crippen LogP contribution in [0.25, 0.3) is 0 Å². The van der Waals surface area contributed by atoms with Gasteiger partial charge in [-0.3, -0.25) is 4.79 Å². The Hall–Kier alpha value is -0.650. The maximum absolute atomic E-state index is 12.1. The number of rotatable bonds is 8. The molecule has 124 valence electrons. The molecule has 0 radical (unpaired) electrons. The summed E-state index contributed by atoms with van der Waals surface area (Å²) in [4.78, 5) is 16.9. The van der Waals surface area contributed by atoms with Crippen molar-refractivity contribution in [3.05, 3.63) is 0 Å². The fourth-order valence-electron chi connectivity index (χ4n) is 2.95.